The lowest BCUT2D eigenvalue weighted by atomic mass is 10.1. The fourth-order valence-corrected chi connectivity index (χ4v) is 1.50. The molecule has 0 aliphatic heterocycles. The Hall–Kier alpha value is -1.84. The minimum atomic E-state index is -0.494. The van der Waals surface area contributed by atoms with Gasteiger partial charge in [-0.2, -0.15) is 0 Å². The molecule has 17 heavy (non-hydrogen) atoms. The quantitative estimate of drug-likeness (QED) is 0.446. The molecular weight excluding hydrogens is 220 g/mol. The van der Waals surface area contributed by atoms with E-state index >= 15 is 0 Å². The molecule has 0 atom stereocenters. The lowest BCUT2D eigenvalue weighted by molar-refractivity contribution is -0.141. The Morgan fingerprint density at radius 2 is 2.00 bits per heavy atom. The third-order valence-corrected chi connectivity index (χ3v) is 2.33. The first-order valence-corrected chi connectivity index (χ1v) is 5.42. The topological polar surface area (TPSA) is 52.6 Å². The van der Waals surface area contributed by atoms with Crippen LogP contribution in [0.25, 0.3) is 0 Å². The second kappa shape index (κ2) is 6.03. The predicted octanol–water partition coefficient (Wildman–Crippen LogP) is 2.14. The van der Waals surface area contributed by atoms with Crippen molar-refractivity contribution in [3.8, 4) is 5.75 Å². The van der Waals surface area contributed by atoms with Crippen molar-refractivity contribution in [3.05, 3.63) is 29.3 Å². The summed E-state index contributed by atoms with van der Waals surface area (Å²) < 4.78 is 9.82. The number of Topliss-reactive ketones (excluding diaryl/α,β-unsaturated/α-hetero) is 1. The van der Waals surface area contributed by atoms with Gasteiger partial charge in [-0.05, 0) is 37.6 Å². The van der Waals surface area contributed by atoms with Crippen LogP contribution in [0.3, 0.4) is 0 Å². The van der Waals surface area contributed by atoms with Crippen LogP contribution < -0.4 is 4.74 Å². The minimum absolute atomic E-state index is 0.223. The zero-order valence-corrected chi connectivity index (χ0v) is 10.3. The predicted molar refractivity (Wildman–Crippen MR) is 63.3 cm³/mol. The van der Waals surface area contributed by atoms with Crippen LogP contribution >= 0.6 is 0 Å². The molecule has 4 heteroatoms. The third kappa shape index (κ3) is 3.59. The first-order valence-electron chi connectivity index (χ1n) is 5.42. The van der Waals surface area contributed by atoms with Crippen LogP contribution in [0, 0.1) is 6.92 Å². The van der Waals surface area contributed by atoms with Crippen molar-refractivity contribution in [3.63, 3.8) is 0 Å². The first-order chi connectivity index (χ1) is 8.08. The van der Waals surface area contributed by atoms with Crippen LogP contribution in [0.1, 0.15) is 29.3 Å². The van der Waals surface area contributed by atoms with Gasteiger partial charge < -0.3 is 9.47 Å². The molecular formula is C13H16O4. The van der Waals surface area contributed by atoms with Crippen molar-refractivity contribution in [1.29, 1.82) is 0 Å². The standard InChI is InChI=1S/C13H16O4/c1-4-17-13(15)8-11(14)10-5-6-12(16-3)9(2)7-10/h5-7H,4,8H2,1-3H3. The van der Waals surface area contributed by atoms with E-state index in [0.717, 1.165) is 11.3 Å². The molecule has 0 aromatic heterocycles. The van der Waals surface area contributed by atoms with Crippen molar-refractivity contribution in [2.24, 2.45) is 0 Å². The van der Waals surface area contributed by atoms with Crippen molar-refractivity contribution >= 4 is 11.8 Å². The Morgan fingerprint density at radius 3 is 2.53 bits per heavy atom. The molecule has 0 heterocycles. The summed E-state index contributed by atoms with van der Waals surface area (Å²) in [7, 11) is 1.57. The molecule has 0 N–H and O–H groups in total. The van der Waals surface area contributed by atoms with E-state index in [1.807, 2.05) is 6.92 Å². The van der Waals surface area contributed by atoms with Crippen molar-refractivity contribution in [2.45, 2.75) is 20.3 Å². The normalized spacial score (nSPS) is 9.82. The van der Waals surface area contributed by atoms with Crippen LogP contribution in [0.2, 0.25) is 0 Å². The molecule has 1 aromatic rings. The highest BCUT2D eigenvalue weighted by molar-refractivity contribution is 6.06. The van der Waals surface area contributed by atoms with Crippen LogP contribution in [-0.2, 0) is 9.53 Å². The highest BCUT2D eigenvalue weighted by Gasteiger charge is 2.13. The summed E-state index contributed by atoms with van der Waals surface area (Å²) in [6, 6.07) is 5.07. The van der Waals surface area contributed by atoms with Gasteiger partial charge in [-0.1, -0.05) is 0 Å². The summed E-state index contributed by atoms with van der Waals surface area (Å²) in [5, 5.41) is 0. The molecule has 4 nitrogen and oxygen atoms in total. The van der Waals surface area contributed by atoms with Gasteiger partial charge in [0.1, 0.15) is 12.2 Å². The van der Waals surface area contributed by atoms with Crippen LogP contribution in [-0.4, -0.2) is 25.5 Å². The summed E-state index contributed by atoms with van der Waals surface area (Å²) in [5.41, 5.74) is 1.36. The fourth-order valence-electron chi connectivity index (χ4n) is 1.50. The van der Waals surface area contributed by atoms with Gasteiger partial charge in [0.15, 0.2) is 5.78 Å². The van der Waals surface area contributed by atoms with Gasteiger partial charge in [0, 0.05) is 5.56 Å². The van der Waals surface area contributed by atoms with Crippen LogP contribution in [0.4, 0.5) is 0 Å². The third-order valence-electron chi connectivity index (χ3n) is 2.33. The summed E-state index contributed by atoms with van der Waals surface area (Å²) in [6.07, 6.45) is -0.223. The van der Waals surface area contributed by atoms with E-state index in [0.29, 0.717) is 5.56 Å². The Labute approximate surface area is 101 Å². The number of hydrogen-bond acceptors (Lipinski definition) is 4. The number of ether oxygens (including phenoxy) is 2. The Balaban J connectivity index is 2.76. The maximum Gasteiger partial charge on any atom is 0.313 e. The molecule has 0 amide bonds. The van der Waals surface area contributed by atoms with Crippen LogP contribution in [0.5, 0.6) is 5.75 Å². The number of benzene rings is 1. The number of rotatable bonds is 5. The first kappa shape index (κ1) is 13.2. The number of carbonyl (C=O) groups excluding carboxylic acids is 2. The summed E-state index contributed by atoms with van der Waals surface area (Å²) in [5.74, 6) is -0.0159. The molecule has 1 aromatic carbocycles. The molecule has 0 bridgehead atoms. The zero-order chi connectivity index (χ0) is 12.8. The molecule has 0 aliphatic rings. The highest BCUT2D eigenvalue weighted by Crippen LogP contribution is 2.19. The zero-order valence-electron chi connectivity index (χ0n) is 10.3. The van der Waals surface area contributed by atoms with E-state index in [4.69, 9.17) is 9.47 Å². The van der Waals surface area contributed by atoms with E-state index in [-0.39, 0.29) is 18.8 Å². The van der Waals surface area contributed by atoms with E-state index in [1.54, 1.807) is 32.2 Å². The maximum absolute atomic E-state index is 11.7. The summed E-state index contributed by atoms with van der Waals surface area (Å²) in [4.78, 5) is 22.9. The van der Waals surface area contributed by atoms with Crippen molar-refractivity contribution in [1.82, 2.24) is 0 Å². The Kier molecular flexibility index (Phi) is 4.69. The lowest BCUT2D eigenvalue weighted by Gasteiger charge is -2.06. The molecule has 0 saturated heterocycles. The number of aryl methyl sites for hydroxylation is 1. The van der Waals surface area contributed by atoms with Crippen LogP contribution in [0.15, 0.2) is 18.2 Å². The SMILES string of the molecule is CCOC(=O)CC(=O)c1ccc(OC)c(C)c1. The molecule has 1 rings (SSSR count). The number of carbonyl (C=O) groups is 2. The second-order valence-electron chi connectivity index (χ2n) is 3.59. The van der Waals surface area contributed by atoms with Gasteiger partial charge in [-0.25, -0.2) is 0 Å². The van der Waals surface area contributed by atoms with Crippen molar-refractivity contribution < 1.29 is 19.1 Å². The smallest absolute Gasteiger partial charge is 0.313 e. The molecule has 0 saturated carbocycles. The average Bonchev–Trinajstić information content (AvgIpc) is 2.29. The van der Waals surface area contributed by atoms with Gasteiger partial charge in [-0.3, -0.25) is 9.59 Å². The van der Waals surface area contributed by atoms with E-state index in [2.05, 4.69) is 0 Å². The molecule has 0 fully saturated rings. The van der Waals surface area contributed by atoms with Crippen molar-refractivity contribution in [2.75, 3.05) is 13.7 Å². The summed E-state index contributed by atoms with van der Waals surface area (Å²) >= 11 is 0. The molecule has 0 radical (unpaired) electrons. The van der Waals surface area contributed by atoms with E-state index in [1.165, 1.54) is 0 Å². The molecule has 0 aliphatic carbocycles. The molecule has 0 unspecified atom stereocenters. The highest BCUT2D eigenvalue weighted by atomic mass is 16.5. The number of hydrogen-bond donors (Lipinski definition) is 0. The maximum atomic E-state index is 11.7. The van der Waals surface area contributed by atoms with Gasteiger partial charge in [-0.15, -0.1) is 0 Å². The van der Waals surface area contributed by atoms with Gasteiger partial charge in [0.05, 0.1) is 13.7 Å². The number of esters is 1. The van der Waals surface area contributed by atoms with Gasteiger partial charge in [0.25, 0.3) is 0 Å². The minimum Gasteiger partial charge on any atom is -0.496 e. The van der Waals surface area contributed by atoms with Gasteiger partial charge >= 0.3 is 5.97 Å². The van der Waals surface area contributed by atoms with Gasteiger partial charge in [0.2, 0.25) is 0 Å². The Bertz CT molecular complexity index is 423. The second-order valence-corrected chi connectivity index (χ2v) is 3.59. The Morgan fingerprint density at radius 1 is 1.29 bits per heavy atom. The largest absolute Gasteiger partial charge is 0.496 e. The monoisotopic (exact) mass is 236 g/mol. The number of ketones is 1. The fraction of sp³-hybridized carbons (Fsp3) is 0.385. The van der Waals surface area contributed by atoms with E-state index in [9.17, 15) is 9.59 Å². The average molecular weight is 236 g/mol. The van der Waals surface area contributed by atoms with E-state index < -0.39 is 5.97 Å². The molecule has 92 valence electrons. The molecule has 0 spiro atoms. The lowest BCUT2D eigenvalue weighted by Crippen LogP contribution is -2.11. The number of methoxy groups -OCH3 is 1. The summed E-state index contributed by atoms with van der Waals surface area (Å²) in [6.45, 7) is 3.84.